The number of hydrogen-bond donors (Lipinski definition) is 1. The van der Waals surface area contributed by atoms with E-state index >= 15 is 0 Å². The van der Waals surface area contributed by atoms with Crippen LogP contribution in [-0.4, -0.2) is 12.7 Å². The van der Waals surface area contributed by atoms with Gasteiger partial charge in [-0.2, -0.15) is 0 Å². The number of nitrogens with zero attached hydrogens (tertiary/aromatic N) is 1. The predicted molar refractivity (Wildman–Crippen MR) is 557 cm³/mol. The minimum atomic E-state index is -0.215. The summed E-state index contributed by atoms with van der Waals surface area (Å²) in [6.07, 6.45) is 0. The van der Waals surface area contributed by atoms with Crippen LogP contribution >= 0.6 is 15.9 Å². The van der Waals surface area contributed by atoms with E-state index in [1.165, 1.54) is 183 Å². The third-order valence-electron chi connectivity index (χ3n) is 25.8. The molecule has 0 bridgehead atoms. The fraction of sp³-hybridized carbons (Fsp3) is 0.0720. The molecule has 0 heterocycles. The van der Waals surface area contributed by atoms with Crippen LogP contribution in [0.5, 0.6) is 5.75 Å². The minimum absolute atomic E-state index is 0. The van der Waals surface area contributed by atoms with Crippen LogP contribution in [-0.2, 0) is 10.8 Å². The van der Waals surface area contributed by atoms with Crippen molar-refractivity contribution < 1.29 is 40.8 Å². The van der Waals surface area contributed by atoms with E-state index in [-0.39, 0.29) is 62.7 Å². The number of para-hydroxylation sites is 2. The molecule has 0 spiro atoms. The summed E-state index contributed by atoms with van der Waals surface area (Å²) >= 11 is 3.76. The van der Waals surface area contributed by atoms with Gasteiger partial charge in [-0.15, -0.1) is 0 Å². The van der Waals surface area contributed by atoms with Crippen LogP contribution < -0.4 is 9.55 Å². The van der Waals surface area contributed by atoms with E-state index in [4.69, 9.17) is 9.68 Å². The molecule has 0 saturated carbocycles. The Morgan fingerprint density at radius 2 is 0.527 bits per heavy atom. The van der Waals surface area contributed by atoms with Crippen molar-refractivity contribution in [1.29, 1.82) is 0 Å². The summed E-state index contributed by atoms with van der Waals surface area (Å²) in [7, 11) is 0.735. The molecule has 22 rings (SSSR count). The van der Waals surface area contributed by atoms with Gasteiger partial charge in [-0.3, -0.25) is 0 Å². The first-order valence-electron chi connectivity index (χ1n) is 44.0. The fourth-order valence-corrected chi connectivity index (χ4v) is 20.2. The molecule has 2 aliphatic carbocycles. The first-order valence-corrected chi connectivity index (χ1v) is 44.8. The second-order valence-corrected chi connectivity index (χ2v) is 35.0. The van der Waals surface area contributed by atoms with Crippen molar-refractivity contribution >= 4 is 62.2 Å². The molecular weight excluding hydrogens is 1880 g/mol. The molecule has 0 atom stereocenters. The van der Waals surface area contributed by atoms with E-state index in [1.54, 1.807) is 0 Å². The average molecular weight is 1980 g/mol. The number of hydrogen-bond acceptors (Lipinski definition) is 3. The Bertz CT molecular complexity index is 7300. The molecule has 1 N–H and O–H groups in total. The number of anilines is 3. The van der Waals surface area contributed by atoms with E-state index in [1.807, 2.05) is 12.1 Å². The van der Waals surface area contributed by atoms with E-state index in [2.05, 4.69) is 510 Å². The molecule has 3 nitrogen and oxygen atoms in total. The monoisotopic (exact) mass is 1970 g/mol. The zero-order chi connectivity index (χ0) is 86.7. The molecule has 20 aromatic rings. The first-order chi connectivity index (χ1) is 62.9. The molecule has 0 amide bonds. The molecule has 20 aromatic carbocycles. The van der Waals surface area contributed by atoms with Crippen LogP contribution in [0.25, 0.3) is 144 Å². The Hall–Kier alpha value is -13.9. The van der Waals surface area contributed by atoms with Crippen LogP contribution in [0.3, 0.4) is 0 Å². The topological polar surface area (TPSA) is 32.7 Å². The molecule has 0 aliphatic heterocycles. The van der Waals surface area contributed by atoms with E-state index in [0.717, 1.165) is 29.2 Å². The van der Waals surface area contributed by atoms with Gasteiger partial charge >= 0.3 is 7.69 Å². The molecule has 131 heavy (non-hydrogen) atoms. The van der Waals surface area contributed by atoms with Crippen LogP contribution in [0, 0.1) is 31.1 Å². The predicted octanol–water partition coefficient (Wildman–Crippen LogP) is 34.6. The maximum Gasteiger partial charge on any atom is 0.569 e. The van der Waals surface area contributed by atoms with Crippen LogP contribution in [0.4, 0.5) is 17.1 Å². The van der Waals surface area contributed by atoms with Crippen molar-refractivity contribution in [2.75, 3.05) is 4.90 Å². The molecule has 2 aliphatic rings. The summed E-state index contributed by atoms with van der Waals surface area (Å²) in [4.78, 5) is 2.36. The third-order valence-corrected chi connectivity index (χ3v) is 26.3. The Morgan fingerprint density at radius 1 is 0.244 bits per heavy atom. The number of fused-ring (bicyclic) bond motifs is 8. The third kappa shape index (κ3) is 17.3. The zero-order valence-corrected chi connectivity index (χ0v) is 78.1. The average Bonchev–Trinajstić information content (AvgIpc) is 1.45. The van der Waals surface area contributed by atoms with Gasteiger partial charge in [-0.1, -0.05) is 459 Å². The Kier molecular flexibility index (Phi) is 26.6. The van der Waals surface area contributed by atoms with Gasteiger partial charge < -0.3 is 14.6 Å². The molecular formula is C125H100BBrNO2U. The van der Waals surface area contributed by atoms with Gasteiger partial charge in [-0.05, 0) is 256 Å². The quantitative estimate of drug-likeness (QED) is 0.0728. The standard InChI is InChI=1S/C61H45N.C34H23Br.C28H24BO2.2CH4.U/c1-61(2)55-40-47(33-36-51(55)52-38-35-50(41-56(52)61)62(48-29-17-7-18-30-48)49-31-19-8-20-32-49)46-34-37-53-54(39-46)58(43-23-11-4-12-24-43)60(45-27-15-6-16-28-45)59(44-25-13-5-14-26-44)57(53)42-21-9-3-10-22-42;35-28-21-22-29-30(23-28)32(25-15-7-2-8-16-25)34(27-19-11-4-12-20-27)33(26-17-9-3-10-18-26)31(29)24-13-5-1-6-14-24;1-28(2)25-17-21(13-15-23(25)24-16-14-22(31-29-30)18-26(24)28)27(19-9-5-3-6-10-19)20-11-7-4-8-12-20;;;/h3-41H,1-2H3;1-23H;3-18,27,30H,1-2H3;2*1H4;. The van der Waals surface area contributed by atoms with Gasteiger partial charge in [0.05, 0.1) is 0 Å². The molecule has 0 saturated heterocycles. The molecule has 631 valence electrons. The SMILES string of the molecule is Brc1ccc2c(-c3ccccc3)c(-c3ccccc3)c(-c3ccccc3)c(-c3ccccc3)c2c1.C.C.CC1(C)c2cc(-c3ccc4c(-c5ccccc5)c(-c5ccccc5)c(-c5ccccc5)c(-c5ccccc5)c4c3)ccc2-c2ccc(N(c3ccccc3)c3ccccc3)cc21.CC1(C)c2cc(O[B]O)ccc2-c2ccc(C(c3ccccc3)c3ccccc3)cc21.[U]. The molecule has 6 heteroatoms. The molecule has 0 fully saturated rings. The normalized spacial score (nSPS) is 12.1. The van der Waals surface area contributed by atoms with Gasteiger partial charge in [0.1, 0.15) is 5.75 Å². The minimum Gasteiger partial charge on any atom is -0.537 e. The number of halogens is 1. The second-order valence-electron chi connectivity index (χ2n) is 34.1. The summed E-state index contributed by atoms with van der Waals surface area (Å²) in [6.45, 7) is 9.29. The van der Waals surface area contributed by atoms with Crippen molar-refractivity contribution in [3.63, 3.8) is 0 Å². The maximum absolute atomic E-state index is 9.04. The van der Waals surface area contributed by atoms with Crippen molar-refractivity contribution in [2.24, 2.45) is 0 Å². The van der Waals surface area contributed by atoms with Gasteiger partial charge in [-0.25, -0.2) is 0 Å². The van der Waals surface area contributed by atoms with Gasteiger partial charge in [0.2, 0.25) is 0 Å². The van der Waals surface area contributed by atoms with Gasteiger partial charge in [0, 0.05) is 69.4 Å². The fourth-order valence-electron chi connectivity index (χ4n) is 19.9. The van der Waals surface area contributed by atoms with Crippen LogP contribution in [0.2, 0.25) is 0 Å². The van der Waals surface area contributed by atoms with Crippen LogP contribution in [0.15, 0.2) is 478 Å². The maximum atomic E-state index is 9.04. The van der Waals surface area contributed by atoms with Gasteiger partial charge in [0.25, 0.3) is 0 Å². The van der Waals surface area contributed by atoms with Gasteiger partial charge in [0.15, 0.2) is 0 Å². The smallest absolute Gasteiger partial charge is 0.537 e. The summed E-state index contributed by atoms with van der Waals surface area (Å²) in [5, 5.41) is 14.0. The largest absolute Gasteiger partial charge is 0.569 e. The number of benzene rings is 20. The molecule has 0 unspecified atom stereocenters. The van der Waals surface area contributed by atoms with Crippen molar-refractivity contribution in [2.45, 2.75) is 59.3 Å². The molecule has 0 aromatic heterocycles. The van der Waals surface area contributed by atoms with E-state index < -0.39 is 0 Å². The van der Waals surface area contributed by atoms with Crippen molar-refractivity contribution in [3.05, 3.63) is 517 Å². The second kappa shape index (κ2) is 39.2. The summed E-state index contributed by atoms with van der Waals surface area (Å²) < 4.78 is 6.31. The summed E-state index contributed by atoms with van der Waals surface area (Å²) in [5.41, 5.74) is 39.4. The summed E-state index contributed by atoms with van der Waals surface area (Å²) in [5.74, 6) is 0.823. The van der Waals surface area contributed by atoms with Crippen molar-refractivity contribution in [1.82, 2.24) is 0 Å². The van der Waals surface area contributed by atoms with E-state index in [9.17, 15) is 0 Å². The first kappa shape index (κ1) is 89.1. The summed E-state index contributed by atoms with van der Waals surface area (Å²) in [6, 6.07) is 171. The molecule has 1 radical (unpaired) electrons. The van der Waals surface area contributed by atoms with Crippen LogP contribution in [0.1, 0.15) is 87.4 Å². The zero-order valence-electron chi connectivity index (χ0n) is 72.4. The van der Waals surface area contributed by atoms with Crippen molar-refractivity contribution in [3.8, 4) is 128 Å². The van der Waals surface area contributed by atoms with E-state index in [0.29, 0.717) is 5.75 Å². The number of rotatable bonds is 17. The Morgan fingerprint density at radius 3 is 0.908 bits per heavy atom. The Balaban J connectivity index is 0.000000148. The Labute approximate surface area is 805 Å².